The Morgan fingerprint density at radius 2 is 2.00 bits per heavy atom. The maximum Gasteiger partial charge on any atom is 0.254 e. The van der Waals surface area contributed by atoms with Gasteiger partial charge >= 0.3 is 0 Å². The highest BCUT2D eigenvalue weighted by atomic mass is 16.2. The molecule has 2 aromatic heterocycles. The molecule has 2 aliphatic heterocycles. The number of fused-ring (bicyclic) bond motifs is 2. The summed E-state index contributed by atoms with van der Waals surface area (Å²) in [5, 5.41) is 0. The Bertz CT molecular complexity index is 993. The van der Waals surface area contributed by atoms with Crippen molar-refractivity contribution in [2.24, 2.45) is 7.05 Å². The highest BCUT2D eigenvalue weighted by Crippen LogP contribution is 2.32. The summed E-state index contributed by atoms with van der Waals surface area (Å²) < 4.78 is 2.04. The number of aromatic nitrogens is 3. The molecule has 5 rings (SSSR count). The molecule has 6 heteroatoms. The highest BCUT2D eigenvalue weighted by Gasteiger charge is 2.34. The average Bonchev–Trinajstić information content (AvgIpc) is 3.31. The molecule has 0 spiro atoms. The molecule has 1 amide bonds. The first-order valence-electron chi connectivity index (χ1n) is 9.24. The summed E-state index contributed by atoms with van der Waals surface area (Å²) in [7, 11) is 4.15. The van der Waals surface area contributed by atoms with Crippen LogP contribution in [0.15, 0.2) is 30.5 Å². The maximum atomic E-state index is 13.0. The SMILES string of the molecule is CN1CCC(N2Cc3cc4[nH]c(-c5cccn5C)nc4cc3C2=O)CC1. The smallest absolute Gasteiger partial charge is 0.254 e. The Labute approximate surface area is 152 Å². The summed E-state index contributed by atoms with van der Waals surface area (Å²) in [6, 6.07) is 8.47. The van der Waals surface area contributed by atoms with Crippen molar-refractivity contribution in [3.05, 3.63) is 41.6 Å². The van der Waals surface area contributed by atoms with Crippen LogP contribution in [-0.2, 0) is 13.6 Å². The largest absolute Gasteiger partial charge is 0.348 e. The summed E-state index contributed by atoms with van der Waals surface area (Å²) in [5.74, 6) is 1.01. The number of likely N-dealkylation sites (tertiary alicyclic amines) is 1. The Morgan fingerprint density at radius 1 is 1.19 bits per heavy atom. The summed E-state index contributed by atoms with van der Waals surface area (Å²) in [5.41, 5.74) is 4.84. The van der Waals surface area contributed by atoms with Crippen LogP contribution in [0.2, 0.25) is 0 Å². The van der Waals surface area contributed by atoms with Gasteiger partial charge in [0.1, 0.15) is 0 Å². The number of hydrogen-bond acceptors (Lipinski definition) is 3. The van der Waals surface area contributed by atoms with Gasteiger partial charge in [0, 0.05) is 31.4 Å². The van der Waals surface area contributed by atoms with Crippen LogP contribution in [0.3, 0.4) is 0 Å². The third kappa shape index (κ3) is 2.36. The van der Waals surface area contributed by atoms with Gasteiger partial charge < -0.3 is 19.4 Å². The number of aromatic amines is 1. The van der Waals surface area contributed by atoms with Crippen molar-refractivity contribution in [1.82, 2.24) is 24.3 Å². The number of piperidine rings is 1. The van der Waals surface area contributed by atoms with Gasteiger partial charge in [0.15, 0.2) is 5.82 Å². The third-order valence-electron chi connectivity index (χ3n) is 5.85. The second-order valence-electron chi connectivity index (χ2n) is 7.58. The first-order chi connectivity index (χ1) is 12.6. The van der Waals surface area contributed by atoms with Crippen LogP contribution in [0.5, 0.6) is 0 Å². The fraction of sp³-hybridized carbons (Fsp3) is 0.400. The Balaban J connectivity index is 1.47. The Hall–Kier alpha value is -2.60. The van der Waals surface area contributed by atoms with Crippen molar-refractivity contribution in [2.75, 3.05) is 20.1 Å². The minimum absolute atomic E-state index is 0.167. The van der Waals surface area contributed by atoms with Crippen molar-refractivity contribution in [2.45, 2.75) is 25.4 Å². The third-order valence-corrected chi connectivity index (χ3v) is 5.85. The standard InChI is InChI=1S/C20H23N5O/c1-23-8-5-14(6-9-23)25-12-13-10-16-17(11-15(13)20(25)26)22-19(21-16)18-4-3-7-24(18)2/h3-4,7,10-11,14H,5-6,8-9,12H2,1-2H3,(H,21,22). The van der Waals surface area contributed by atoms with Gasteiger partial charge in [0.2, 0.25) is 0 Å². The van der Waals surface area contributed by atoms with Crippen molar-refractivity contribution >= 4 is 16.9 Å². The topological polar surface area (TPSA) is 57.2 Å². The van der Waals surface area contributed by atoms with Crippen molar-refractivity contribution in [3.63, 3.8) is 0 Å². The van der Waals surface area contributed by atoms with Crippen LogP contribution < -0.4 is 0 Å². The van der Waals surface area contributed by atoms with Gasteiger partial charge in [-0.15, -0.1) is 0 Å². The molecule has 1 N–H and O–H groups in total. The minimum Gasteiger partial charge on any atom is -0.348 e. The molecule has 0 unspecified atom stereocenters. The van der Waals surface area contributed by atoms with Crippen LogP contribution in [0, 0.1) is 0 Å². The number of carbonyl (C=O) groups excluding carboxylic acids is 1. The number of carbonyl (C=O) groups is 1. The van der Waals surface area contributed by atoms with Crippen LogP contribution in [0.4, 0.5) is 0 Å². The van der Waals surface area contributed by atoms with Gasteiger partial charge in [-0.1, -0.05) is 0 Å². The van der Waals surface area contributed by atoms with E-state index < -0.39 is 0 Å². The summed E-state index contributed by atoms with van der Waals surface area (Å²) in [6.45, 7) is 2.84. The molecule has 1 saturated heterocycles. The van der Waals surface area contributed by atoms with Gasteiger partial charge in [-0.3, -0.25) is 4.79 Å². The fourth-order valence-corrected chi connectivity index (χ4v) is 4.27. The maximum absolute atomic E-state index is 13.0. The Kier molecular flexibility index (Phi) is 3.43. The number of hydrogen-bond donors (Lipinski definition) is 1. The number of aryl methyl sites for hydroxylation is 1. The van der Waals surface area contributed by atoms with E-state index in [4.69, 9.17) is 4.98 Å². The first kappa shape index (κ1) is 15.6. The molecular weight excluding hydrogens is 326 g/mol. The molecule has 6 nitrogen and oxygen atoms in total. The molecule has 0 radical (unpaired) electrons. The van der Waals surface area contributed by atoms with E-state index in [0.717, 1.165) is 66.2 Å². The van der Waals surface area contributed by atoms with Crippen LogP contribution in [-0.4, -0.2) is 56.4 Å². The van der Waals surface area contributed by atoms with Crippen LogP contribution >= 0.6 is 0 Å². The molecule has 26 heavy (non-hydrogen) atoms. The number of H-pyrrole nitrogens is 1. The molecule has 134 valence electrons. The second-order valence-corrected chi connectivity index (χ2v) is 7.58. The van der Waals surface area contributed by atoms with Gasteiger partial charge in [-0.2, -0.15) is 0 Å². The molecule has 4 heterocycles. The summed E-state index contributed by atoms with van der Waals surface area (Å²) in [4.78, 5) is 25.5. The van der Waals surface area contributed by atoms with E-state index >= 15 is 0 Å². The van der Waals surface area contributed by atoms with E-state index in [0.29, 0.717) is 6.04 Å². The first-order valence-corrected chi connectivity index (χ1v) is 9.24. The fourth-order valence-electron chi connectivity index (χ4n) is 4.27. The van der Waals surface area contributed by atoms with Crippen LogP contribution in [0.1, 0.15) is 28.8 Å². The predicted molar refractivity (Wildman–Crippen MR) is 101 cm³/mol. The molecule has 0 aliphatic carbocycles. The molecule has 0 atom stereocenters. The molecule has 1 fully saturated rings. The number of benzene rings is 1. The van der Waals surface area contributed by atoms with Crippen molar-refractivity contribution in [3.8, 4) is 11.5 Å². The number of nitrogens with one attached hydrogen (secondary N) is 1. The van der Waals surface area contributed by atoms with Gasteiger partial charge in [0.05, 0.1) is 16.7 Å². The zero-order valence-corrected chi connectivity index (χ0v) is 15.2. The highest BCUT2D eigenvalue weighted by molar-refractivity contribution is 6.02. The van der Waals surface area contributed by atoms with E-state index in [2.05, 4.69) is 27.9 Å². The van der Waals surface area contributed by atoms with Gasteiger partial charge in [-0.25, -0.2) is 4.98 Å². The number of imidazole rings is 1. The van der Waals surface area contributed by atoms with E-state index in [9.17, 15) is 4.79 Å². The minimum atomic E-state index is 0.167. The second kappa shape index (κ2) is 5.71. The van der Waals surface area contributed by atoms with Crippen LogP contribution in [0.25, 0.3) is 22.6 Å². The monoisotopic (exact) mass is 349 g/mol. The molecular formula is C20H23N5O. The summed E-state index contributed by atoms with van der Waals surface area (Å²) in [6.07, 6.45) is 4.12. The Morgan fingerprint density at radius 3 is 2.73 bits per heavy atom. The lowest BCUT2D eigenvalue weighted by Crippen LogP contribution is -2.43. The van der Waals surface area contributed by atoms with Crippen molar-refractivity contribution < 1.29 is 4.79 Å². The lowest BCUT2D eigenvalue weighted by molar-refractivity contribution is 0.0617. The van der Waals surface area contributed by atoms with E-state index in [1.54, 1.807) is 0 Å². The van der Waals surface area contributed by atoms with E-state index in [-0.39, 0.29) is 5.91 Å². The number of nitrogens with zero attached hydrogens (tertiary/aromatic N) is 4. The van der Waals surface area contributed by atoms with Gasteiger partial charge in [-0.05, 0) is 62.8 Å². The summed E-state index contributed by atoms with van der Waals surface area (Å²) >= 11 is 0. The molecule has 0 bridgehead atoms. The lowest BCUT2D eigenvalue weighted by atomic mass is 10.0. The lowest BCUT2D eigenvalue weighted by Gasteiger charge is -2.34. The van der Waals surface area contributed by atoms with Crippen molar-refractivity contribution in [1.29, 1.82) is 0 Å². The molecule has 0 saturated carbocycles. The van der Waals surface area contributed by atoms with E-state index in [1.165, 1.54) is 0 Å². The molecule has 1 aromatic carbocycles. The number of amides is 1. The quantitative estimate of drug-likeness (QED) is 0.774. The predicted octanol–water partition coefficient (Wildman–Crippen LogP) is 2.62. The molecule has 3 aromatic rings. The van der Waals surface area contributed by atoms with E-state index in [1.807, 2.05) is 36.0 Å². The molecule has 2 aliphatic rings. The average molecular weight is 349 g/mol. The number of rotatable bonds is 2. The normalized spacial score (nSPS) is 18.8. The van der Waals surface area contributed by atoms with Gasteiger partial charge in [0.25, 0.3) is 5.91 Å². The zero-order chi connectivity index (χ0) is 17.8. The zero-order valence-electron chi connectivity index (χ0n) is 15.2.